The van der Waals surface area contributed by atoms with Gasteiger partial charge in [-0.05, 0) is 72.5 Å². The molecule has 0 aliphatic carbocycles. The van der Waals surface area contributed by atoms with Crippen molar-refractivity contribution in [2.75, 3.05) is 106 Å². The van der Waals surface area contributed by atoms with Gasteiger partial charge in [0, 0.05) is 32.7 Å². The first-order valence-electron chi connectivity index (χ1n) is 29.0. The van der Waals surface area contributed by atoms with Crippen molar-refractivity contribution in [1.82, 2.24) is 9.97 Å². The number of benzene rings is 5. The van der Waals surface area contributed by atoms with Crippen molar-refractivity contribution in [3.8, 4) is 33.8 Å². The molecule has 0 saturated carbocycles. The Morgan fingerprint density at radius 1 is 0.388 bits per heavy atom. The summed E-state index contributed by atoms with van der Waals surface area (Å²) < 4.78 is 57.2. The third-order valence-corrected chi connectivity index (χ3v) is 13.8. The second-order valence-electron chi connectivity index (χ2n) is 19.8. The zero-order chi connectivity index (χ0) is 56.0. The highest BCUT2D eigenvalue weighted by Crippen LogP contribution is 2.42. The van der Waals surface area contributed by atoms with Crippen LogP contribution in [-0.2, 0) is 37.9 Å². The summed E-state index contributed by atoms with van der Waals surface area (Å²) in [4.78, 5) is 35.5. The van der Waals surface area contributed by atoms with E-state index in [0.29, 0.717) is 128 Å². The summed E-state index contributed by atoms with van der Waals surface area (Å²) in [5, 5.41) is 3.64. The summed E-state index contributed by atoms with van der Waals surface area (Å²) in [5.41, 5.74) is 7.91. The van der Waals surface area contributed by atoms with E-state index in [0.717, 1.165) is 104 Å². The predicted octanol–water partition coefficient (Wildman–Crippen LogP) is 14.6. The molecule has 2 N–H and O–H groups in total. The molecular formula is C66H84N2O12. The molecule has 0 fully saturated rings. The van der Waals surface area contributed by atoms with E-state index in [1.54, 1.807) is 12.2 Å². The summed E-state index contributed by atoms with van der Waals surface area (Å²) in [6, 6.07) is 27.7. The van der Waals surface area contributed by atoms with Gasteiger partial charge in [-0.3, -0.25) is 0 Å². The first-order valence-corrected chi connectivity index (χ1v) is 29.0. The van der Waals surface area contributed by atoms with Crippen LogP contribution in [0.3, 0.4) is 0 Å². The number of aromatic nitrogens is 2. The van der Waals surface area contributed by atoms with Crippen molar-refractivity contribution < 1.29 is 57.0 Å². The van der Waals surface area contributed by atoms with Crippen LogP contribution in [0.2, 0.25) is 0 Å². The van der Waals surface area contributed by atoms with E-state index < -0.39 is 0 Å². The zero-order valence-corrected chi connectivity index (χ0v) is 47.3. The molecule has 80 heavy (non-hydrogen) atoms. The number of hydrogen-bond donors (Lipinski definition) is 2. The maximum Gasteiger partial charge on any atom is 0.338 e. The number of H-pyrrole nitrogens is 2. The Morgan fingerprint density at radius 2 is 0.738 bits per heavy atom. The predicted molar refractivity (Wildman–Crippen MR) is 320 cm³/mol. The summed E-state index contributed by atoms with van der Waals surface area (Å²) in [6.45, 7) is 18.9. The van der Waals surface area contributed by atoms with Crippen molar-refractivity contribution in [2.24, 2.45) is 0 Å². The normalized spacial score (nSPS) is 11.5. The fourth-order valence-corrected chi connectivity index (χ4v) is 9.60. The molecule has 0 unspecified atom stereocenters. The number of carbonyl (C=O) groups is 2. The molecule has 430 valence electrons. The van der Waals surface area contributed by atoms with Gasteiger partial charge >= 0.3 is 11.9 Å². The zero-order valence-electron chi connectivity index (χ0n) is 47.3. The van der Waals surface area contributed by atoms with Crippen LogP contribution in [0.5, 0.6) is 11.5 Å². The number of hydrogen-bond acceptors (Lipinski definition) is 12. The van der Waals surface area contributed by atoms with Gasteiger partial charge < -0.3 is 57.3 Å². The third kappa shape index (κ3) is 18.5. The maximum atomic E-state index is 13.9. The lowest BCUT2D eigenvalue weighted by molar-refractivity contribution is 0.0135. The number of nitrogens with one attached hydrogen (secondary N) is 2. The minimum Gasteiger partial charge on any atom is -0.491 e. The van der Waals surface area contributed by atoms with Gasteiger partial charge in [-0.1, -0.05) is 127 Å². The van der Waals surface area contributed by atoms with Crippen LogP contribution in [0.1, 0.15) is 112 Å². The van der Waals surface area contributed by atoms with E-state index in [9.17, 15) is 9.59 Å². The molecule has 2 aromatic heterocycles. The van der Waals surface area contributed by atoms with Gasteiger partial charge in [0.1, 0.15) is 24.7 Å². The first kappa shape index (κ1) is 61.1. The van der Waals surface area contributed by atoms with Crippen molar-refractivity contribution in [1.29, 1.82) is 0 Å². The number of ether oxygens (including phenoxy) is 10. The molecule has 0 bridgehead atoms. The van der Waals surface area contributed by atoms with Gasteiger partial charge in [0.15, 0.2) is 0 Å². The molecule has 0 atom stereocenters. The summed E-state index contributed by atoms with van der Waals surface area (Å²) in [5.74, 6) is 0.677. The van der Waals surface area contributed by atoms with Gasteiger partial charge in [0.25, 0.3) is 0 Å². The number of carbonyl (C=O) groups excluding carboxylic acids is 2. The lowest BCUT2D eigenvalue weighted by Gasteiger charge is -2.11. The minimum atomic E-state index is -0.359. The van der Waals surface area contributed by atoms with Gasteiger partial charge in [-0.25, -0.2) is 9.59 Å². The Bertz CT molecular complexity index is 2780. The van der Waals surface area contributed by atoms with Crippen LogP contribution in [0, 0.1) is 0 Å². The molecule has 14 nitrogen and oxygen atoms in total. The van der Waals surface area contributed by atoms with Crippen LogP contribution in [0.25, 0.3) is 65.9 Å². The highest BCUT2D eigenvalue weighted by Gasteiger charge is 2.22. The molecule has 2 heterocycles. The van der Waals surface area contributed by atoms with Gasteiger partial charge in [0.05, 0.1) is 126 Å². The minimum absolute atomic E-state index is 0.359. The van der Waals surface area contributed by atoms with E-state index in [-0.39, 0.29) is 11.9 Å². The lowest BCUT2D eigenvalue weighted by atomic mass is 9.97. The van der Waals surface area contributed by atoms with Crippen molar-refractivity contribution >= 4 is 55.6 Å². The number of rotatable bonds is 42. The van der Waals surface area contributed by atoms with Crippen molar-refractivity contribution in [2.45, 2.75) is 90.9 Å². The average molecular weight is 1100 g/mol. The van der Waals surface area contributed by atoms with Crippen LogP contribution in [0.4, 0.5) is 0 Å². The molecular weight excluding hydrogens is 1010 g/mol. The van der Waals surface area contributed by atoms with E-state index in [4.69, 9.17) is 47.4 Å². The molecule has 7 rings (SSSR count). The summed E-state index contributed by atoms with van der Waals surface area (Å²) in [6.07, 6.45) is 16.5. The smallest absolute Gasteiger partial charge is 0.338 e. The fraction of sp³-hybridized carbons (Fsp3) is 0.455. The highest BCUT2D eigenvalue weighted by atomic mass is 16.6. The second kappa shape index (κ2) is 34.6. The Morgan fingerprint density at radius 3 is 1.11 bits per heavy atom. The van der Waals surface area contributed by atoms with E-state index in [1.807, 2.05) is 72.8 Å². The topological polar surface area (TPSA) is 158 Å². The highest BCUT2D eigenvalue weighted by molar-refractivity contribution is 6.25. The fourth-order valence-electron chi connectivity index (χ4n) is 9.60. The van der Waals surface area contributed by atoms with Gasteiger partial charge in [0.2, 0.25) is 0 Å². The number of esters is 2. The number of fused-ring (bicyclic) bond motifs is 7. The Balaban J connectivity index is 1.15. The number of aromatic amines is 2. The molecule has 0 aliphatic heterocycles. The molecule has 7 aromatic rings. The maximum absolute atomic E-state index is 13.9. The first-order chi connectivity index (χ1) is 39.4. The molecule has 0 aliphatic rings. The van der Waals surface area contributed by atoms with E-state index in [2.05, 4.69) is 49.1 Å². The van der Waals surface area contributed by atoms with Gasteiger partial charge in [-0.15, -0.1) is 13.2 Å². The molecule has 0 spiro atoms. The summed E-state index contributed by atoms with van der Waals surface area (Å²) in [7, 11) is 0. The SMILES string of the molecule is C=CCOCCOCCOCCOc1ccc(-c2cc(C(=O)OCCCCCCCC)cc3c2[nH]c2c3ccc3c4cc(C(=O)OCCCCCCCC)cc(-c5ccc(OCCOCCOCCOCC=C)cc5)c4[nH]c32)cc1. The van der Waals surface area contributed by atoms with Crippen LogP contribution >= 0.6 is 0 Å². The van der Waals surface area contributed by atoms with E-state index in [1.165, 1.54) is 38.5 Å². The van der Waals surface area contributed by atoms with Crippen molar-refractivity contribution in [3.05, 3.63) is 121 Å². The quantitative estimate of drug-likeness (QED) is 0.0212. The molecule has 14 heteroatoms. The van der Waals surface area contributed by atoms with Crippen LogP contribution in [-0.4, -0.2) is 128 Å². The standard InChI is InChI=1S/C66H84N2O12/c1-5-9-11-13-15-17-31-79-65(69)51-45-57(49-19-23-53(24-20-49)77-43-41-75-39-37-73-35-33-71-29-7-3)61-59(47-51)55-27-28-56-60-48-52(66(70)80-32-18-16-14-12-10-6-2)46-58(62(60)68-64(56)63(55)67-61)50-21-25-54(26-22-50)78-44-42-76-40-38-74-36-34-72-30-8-4/h7-8,19-28,45-48,67-68H,3-6,9-18,29-44H2,1-2H3. The largest absolute Gasteiger partial charge is 0.491 e. The monoisotopic (exact) mass is 1100 g/mol. The third-order valence-electron chi connectivity index (χ3n) is 13.8. The Labute approximate surface area is 472 Å². The second-order valence-corrected chi connectivity index (χ2v) is 19.8. The van der Waals surface area contributed by atoms with Crippen LogP contribution in [0.15, 0.2) is 110 Å². The molecule has 5 aromatic carbocycles. The molecule has 0 amide bonds. The average Bonchev–Trinajstić information content (AvgIpc) is 4.12. The van der Waals surface area contributed by atoms with Crippen LogP contribution < -0.4 is 9.47 Å². The van der Waals surface area contributed by atoms with Gasteiger partial charge in [-0.2, -0.15) is 0 Å². The van der Waals surface area contributed by atoms with Crippen molar-refractivity contribution in [3.63, 3.8) is 0 Å². The summed E-state index contributed by atoms with van der Waals surface area (Å²) >= 11 is 0. The molecule has 0 saturated heterocycles. The van der Waals surface area contributed by atoms with E-state index >= 15 is 0 Å². The Hall–Kier alpha value is -6.52. The molecule has 0 radical (unpaired) electrons. The Kier molecular flexibility index (Phi) is 26.4. The number of unbranched alkanes of at least 4 members (excludes halogenated alkanes) is 10. The lowest BCUT2D eigenvalue weighted by Crippen LogP contribution is -2.12.